The number of ether oxygens (including phenoxy) is 1. The molecule has 1 rings (SSSR count). The largest absolute Gasteiger partial charge is 0.378 e. The minimum Gasteiger partial charge on any atom is -0.378 e. The average molecular weight is 192 g/mol. The third kappa shape index (κ3) is 3.71. The van der Waals surface area contributed by atoms with Crippen molar-refractivity contribution in [3.05, 3.63) is 35.9 Å². The van der Waals surface area contributed by atoms with Crippen molar-refractivity contribution in [2.24, 2.45) is 0 Å². The first kappa shape index (κ1) is 10.9. The molecular weight excluding hydrogens is 176 g/mol. The zero-order chi connectivity index (χ0) is 10.4. The molecule has 0 N–H and O–H groups in total. The predicted molar refractivity (Wildman–Crippen MR) is 56.5 cm³/mol. The van der Waals surface area contributed by atoms with Crippen molar-refractivity contribution >= 4 is 5.78 Å². The molecule has 14 heavy (non-hydrogen) atoms. The summed E-state index contributed by atoms with van der Waals surface area (Å²) in [5.41, 5.74) is 0.764. The zero-order valence-corrected chi connectivity index (χ0v) is 8.69. The molecule has 0 aliphatic carbocycles. The Morgan fingerprint density at radius 2 is 1.93 bits per heavy atom. The van der Waals surface area contributed by atoms with Gasteiger partial charge in [0, 0.05) is 12.0 Å². The second kappa shape index (κ2) is 5.55. The van der Waals surface area contributed by atoms with Crippen molar-refractivity contribution in [1.29, 1.82) is 0 Å². The van der Waals surface area contributed by atoms with Gasteiger partial charge in [0.2, 0.25) is 0 Å². The van der Waals surface area contributed by atoms with Gasteiger partial charge in [0.05, 0.1) is 12.7 Å². The molecule has 0 atom stereocenters. The Morgan fingerprint density at radius 3 is 2.50 bits per heavy atom. The van der Waals surface area contributed by atoms with E-state index >= 15 is 0 Å². The van der Waals surface area contributed by atoms with Gasteiger partial charge in [-0.25, -0.2) is 0 Å². The van der Waals surface area contributed by atoms with Crippen LogP contribution in [0, 0.1) is 0 Å². The fourth-order valence-corrected chi connectivity index (χ4v) is 1.16. The second-order valence-corrected chi connectivity index (χ2v) is 3.46. The molecule has 0 saturated carbocycles. The summed E-state index contributed by atoms with van der Waals surface area (Å²) in [6.07, 6.45) is 0.654. The molecule has 0 bridgehead atoms. The van der Waals surface area contributed by atoms with Crippen LogP contribution in [0.1, 0.15) is 30.6 Å². The molecular formula is C12H16O2. The topological polar surface area (TPSA) is 26.3 Å². The van der Waals surface area contributed by atoms with Crippen LogP contribution in [-0.4, -0.2) is 18.5 Å². The maximum Gasteiger partial charge on any atom is 0.165 e. The van der Waals surface area contributed by atoms with Gasteiger partial charge >= 0.3 is 0 Å². The summed E-state index contributed by atoms with van der Waals surface area (Å²) in [4.78, 5) is 11.5. The standard InChI is InChI=1S/C12H16O2/c1-10(2)14-9-8-12(13)11-6-4-3-5-7-11/h3-7,10H,8-9H2,1-2H3. The number of benzene rings is 1. The van der Waals surface area contributed by atoms with E-state index in [0.717, 1.165) is 5.56 Å². The number of rotatable bonds is 5. The van der Waals surface area contributed by atoms with Gasteiger partial charge < -0.3 is 4.74 Å². The molecule has 2 heteroatoms. The molecule has 1 aromatic rings. The quantitative estimate of drug-likeness (QED) is 0.670. The molecule has 1 aromatic carbocycles. The Bertz CT molecular complexity index is 278. The van der Waals surface area contributed by atoms with Gasteiger partial charge in [0.1, 0.15) is 0 Å². The molecule has 0 aromatic heterocycles. The number of Topliss-reactive ketones (excluding diaryl/α,β-unsaturated/α-hetero) is 1. The van der Waals surface area contributed by atoms with E-state index in [2.05, 4.69) is 0 Å². The van der Waals surface area contributed by atoms with E-state index in [4.69, 9.17) is 4.74 Å². The van der Waals surface area contributed by atoms with Crippen LogP contribution in [0.4, 0.5) is 0 Å². The van der Waals surface area contributed by atoms with E-state index in [1.807, 2.05) is 44.2 Å². The van der Waals surface area contributed by atoms with Crippen LogP contribution in [-0.2, 0) is 4.74 Å². The van der Waals surface area contributed by atoms with E-state index in [1.54, 1.807) is 0 Å². The lowest BCUT2D eigenvalue weighted by atomic mass is 10.1. The Morgan fingerprint density at radius 1 is 1.29 bits per heavy atom. The van der Waals surface area contributed by atoms with E-state index in [1.165, 1.54) is 0 Å². The fourth-order valence-electron chi connectivity index (χ4n) is 1.16. The maximum absolute atomic E-state index is 11.5. The van der Waals surface area contributed by atoms with Crippen molar-refractivity contribution in [2.75, 3.05) is 6.61 Å². The molecule has 0 unspecified atom stereocenters. The highest BCUT2D eigenvalue weighted by Crippen LogP contribution is 2.03. The minimum atomic E-state index is 0.145. The van der Waals surface area contributed by atoms with Crippen molar-refractivity contribution in [1.82, 2.24) is 0 Å². The predicted octanol–water partition coefficient (Wildman–Crippen LogP) is 2.68. The molecule has 0 radical (unpaired) electrons. The number of hydrogen-bond donors (Lipinski definition) is 0. The highest BCUT2D eigenvalue weighted by molar-refractivity contribution is 5.96. The van der Waals surface area contributed by atoms with Gasteiger partial charge in [-0.1, -0.05) is 30.3 Å². The lowest BCUT2D eigenvalue weighted by molar-refractivity contribution is 0.0678. The first-order valence-electron chi connectivity index (χ1n) is 4.90. The number of carbonyl (C=O) groups is 1. The molecule has 0 spiro atoms. The highest BCUT2D eigenvalue weighted by atomic mass is 16.5. The number of carbonyl (C=O) groups excluding carboxylic acids is 1. The summed E-state index contributed by atoms with van der Waals surface area (Å²) in [5, 5.41) is 0. The first-order chi connectivity index (χ1) is 6.70. The fraction of sp³-hybridized carbons (Fsp3) is 0.417. The van der Waals surface area contributed by atoms with Crippen LogP contribution in [0.15, 0.2) is 30.3 Å². The van der Waals surface area contributed by atoms with Crippen LogP contribution in [0.25, 0.3) is 0 Å². The molecule has 0 aliphatic heterocycles. The van der Waals surface area contributed by atoms with Crippen LogP contribution in [0.5, 0.6) is 0 Å². The molecule has 0 saturated heterocycles. The summed E-state index contributed by atoms with van der Waals surface area (Å²) in [6.45, 7) is 4.44. The minimum absolute atomic E-state index is 0.145. The SMILES string of the molecule is CC(C)OCCC(=O)c1ccccc1. The Kier molecular flexibility index (Phi) is 4.33. The molecule has 0 heterocycles. The van der Waals surface area contributed by atoms with Crippen molar-refractivity contribution < 1.29 is 9.53 Å². The van der Waals surface area contributed by atoms with Crippen LogP contribution in [0.3, 0.4) is 0 Å². The maximum atomic E-state index is 11.5. The smallest absolute Gasteiger partial charge is 0.165 e. The van der Waals surface area contributed by atoms with Gasteiger partial charge in [-0.05, 0) is 13.8 Å². The molecule has 2 nitrogen and oxygen atoms in total. The summed E-state index contributed by atoms with van der Waals surface area (Å²) in [6, 6.07) is 9.31. The lowest BCUT2D eigenvalue weighted by Gasteiger charge is -2.06. The van der Waals surface area contributed by atoms with Gasteiger partial charge in [0.15, 0.2) is 5.78 Å². The average Bonchev–Trinajstić information content (AvgIpc) is 2.18. The van der Waals surface area contributed by atoms with Crippen molar-refractivity contribution in [3.63, 3.8) is 0 Å². The van der Waals surface area contributed by atoms with Gasteiger partial charge in [-0.15, -0.1) is 0 Å². The van der Waals surface area contributed by atoms with E-state index in [9.17, 15) is 4.79 Å². The summed E-state index contributed by atoms with van der Waals surface area (Å²) in [7, 11) is 0. The summed E-state index contributed by atoms with van der Waals surface area (Å²) < 4.78 is 5.31. The molecule has 0 amide bonds. The third-order valence-electron chi connectivity index (χ3n) is 1.88. The van der Waals surface area contributed by atoms with E-state index < -0.39 is 0 Å². The molecule has 0 fully saturated rings. The number of ketones is 1. The Labute approximate surface area is 84.9 Å². The third-order valence-corrected chi connectivity index (χ3v) is 1.88. The van der Waals surface area contributed by atoms with Gasteiger partial charge in [-0.2, -0.15) is 0 Å². The molecule has 0 aliphatic rings. The van der Waals surface area contributed by atoms with Crippen molar-refractivity contribution in [3.8, 4) is 0 Å². The van der Waals surface area contributed by atoms with Crippen LogP contribution < -0.4 is 0 Å². The first-order valence-corrected chi connectivity index (χ1v) is 4.90. The lowest BCUT2D eigenvalue weighted by Crippen LogP contribution is -2.08. The monoisotopic (exact) mass is 192 g/mol. The van der Waals surface area contributed by atoms with Gasteiger partial charge in [-0.3, -0.25) is 4.79 Å². The van der Waals surface area contributed by atoms with Crippen LogP contribution in [0.2, 0.25) is 0 Å². The highest BCUT2D eigenvalue weighted by Gasteiger charge is 2.04. The summed E-state index contributed by atoms with van der Waals surface area (Å²) in [5.74, 6) is 0.145. The van der Waals surface area contributed by atoms with Crippen molar-refractivity contribution in [2.45, 2.75) is 26.4 Å². The summed E-state index contributed by atoms with van der Waals surface area (Å²) >= 11 is 0. The van der Waals surface area contributed by atoms with Crippen LogP contribution >= 0.6 is 0 Å². The van der Waals surface area contributed by atoms with E-state index in [0.29, 0.717) is 13.0 Å². The second-order valence-electron chi connectivity index (χ2n) is 3.46. The molecule has 76 valence electrons. The zero-order valence-electron chi connectivity index (χ0n) is 8.69. The van der Waals surface area contributed by atoms with Gasteiger partial charge in [0.25, 0.3) is 0 Å². The Balaban J connectivity index is 2.36. The van der Waals surface area contributed by atoms with E-state index in [-0.39, 0.29) is 11.9 Å². The normalized spacial score (nSPS) is 10.5. The number of hydrogen-bond acceptors (Lipinski definition) is 2. The Hall–Kier alpha value is -1.15.